The maximum Gasteiger partial charge on any atom is 0.226 e. The molecule has 0 saturated carbocycles. The van der Waals surface area contributed by atoms with Crippen LogP contribution in [0, 0.1) is 12.7 Å². The van der Waals surface area contributed by atoms with Crippen LogP contribution in [0.2, 0.25) is 0 Å². The third kappa shape index (κ3) is 3.51. The summed E-state index contributed by atoms with van der Waals surface area (Å²) in [5, 5.41) is 0. The number of aryl methyl sites for hydroxylation is 1. The monoisotopic (exact) mass is 325 g/mol. The number of nitrogens with zero attached hydrogens (tertiary/aromatic N) is 1. The molecule has 0 aliphatic carbocycles. The molecule has 3 aromatic rings. The van der Waals surface area contributed by atoms with Gasteiger partial charge in [-0.25, -0.2) is 9.37 Å². The second-order valence-electron chi connectivity index (χ2n) is 5.29. The molecule has 3 rings (SSSR count). The molecule has 122 valence electrons. The molecule has 0 atom stereocenters. The number of aldehydes is 1. The Bertz CT molecular complexity index is 843. The molecule has 24 heavy (non-hydrogen) atoms. The van der Waals surface area contributed by atoms with Gasteiger partial charge in [0.2, 0.25) is 5.89 Å². The molecule has 5 heteroatoms. The molecule has 1 heterocycles. The van der Waals surface area contributed by atoms with Crippen LogP contribution < -0.4 is 4.74 Å². The smallest absolute Gasteiger partial charge is 0.226 e. The molecule has 0 amide bonds. The zero-order chi connectivity index (χ0) is 16.9. The van der Waals surface area contributed by atoms with Crippen LogP contribution in [-0.4, -0.2) is 17.9 Å². The van der Waals surface area contributed by atoms with Crippen molar-refractivity contribution in [2.24, 2.45) is 0 Å². The Hall–Kier alpha value is -2.95. The van der Waals surface area contributed by atoms with Gasteiger partial charge in [-0.2, -0.15) is 0 Å². The number of ether oxygens (including phenoxy) is 1. The van der Waals surface area contributed by atoms with Crippen molar-refractivity contribution in [2.45, 2.75) is 13.3 Å². The lowest BCUT2D eigenvalue weighted by molar-refractivity contribution is 0.112. The topological polar surface area (TPSA) is 52.3 Å². The number of oxazole rings is 1. The number of benzene rings is 2. The Morgan fingerprint density at radius 2 is 2.00 bits per heavy atom. The summed E-state index contributed by atoms with van der Waals surface area (Å²) < 4.78 is 24.9. The molecule has 4 nitrogen and oxygen atoms in total. The van der Waals surface area contributed by atoms with Crippen LogP contribution in [0.5, 0.6) is 5.75 Å². The Labute approximate surface area is 138 Å². The van der Waals surface area contributed by atoms with Gasteiger partial charge in [0.15, 0.2) is 11.6 Å². The number of halogens is 1. The maximum atomic E-state index is 13.7. The lowest BCUT2D eigenvalue weighted by atomic mass is 10.2. The van der Waals surface area contributed by atoms with Gasteiger partial charge in [-0.3, -0.25) is 4.79 Å². The molecule has 0 N–H and O–H groups in total. The third-order valence-electron chi connectivity index (χ3n) is 3.60. The van der Waals surface area contributed by atoms with Gasteiger partial charge in [0.1, 0.15) is 12.0 Å². The van der Waals surface area contributed by atoms with E-state index in [1.807, 2.05) is 37.3 Å². The minimum atomic E-state index is -0.554. The van der Waals surface area contributed by atoms with Gasteiger partial charge in [-0.15, -0.1) is 0 Å². The SMILES string of the molecule is Cc1oc(-c2ccccc2)nc1CCOc1ccc(C=O)cc1F. The van der Waals surface area contributed by atoms with Crippen molar-refractivity contribution >= 4 is 6.29 Å². The van der Waals surface area contributed by atoms with E-state index >= 15 is 0 Å². The second-order valence-corrected chi connectivity index (χ2v) is 5.29. The molecule has 2 aromatic carbocycles. The number of carbonyl (C=O) groups is 1. The standard InChI is InChI=1S/C19H16FNO3/c1-13-17(21-19(24-13)15-5-3-2-4-6-15)9-10-23-18-8-7-14(12-22)11-16(18)20/h2-8,11-12H,9-10H2,1H3. The van der Waals surface area contributed by atoms with Gasteiger partial charge in [0, 0.05) is 17.5 Å². The van der Waals surface area contributed by atoms with Gasteiger partial charge in [0.25, 0.3) is 0 Å². The van der Waals surface area contributed by atoms with Gasteiger partial charge in [-0.05, 0) is 37.3 Å². The van der Waals surface area contributed by atoms with Crippen molar-refractivity contribution in [1.82, 2.24) is 4.98 Å². The van der Waals surface area contributed by atoms with Crippen molar-refractivity contribution in [3.8, 4) is 17.2 Å². The lowest BCUT2D eigenvalue weighted by Crippen LogP contribution is -2.04. The minimum absolute atomic E-state index is 0.116. The Balaban J connectivity index is 1.65. The van der Waals surface area contributed by atoms with E-state index in [1.54, 1.807) is 0 Å². The first-order valence-electron chi connectivity index (χ1n) is 7.56. The molecule has 1 aromatic heterocycles. The summed E-state index contributed by atoms with van der Waals surface area (Å²) in [6.45, 7) is 2.10. The fourth-order valence-electron chi connectivity index (χ4n) is 2.33. The predicted octanol–water partition coefficient (Wildman–Crippen LogP) is 4.22. The van der Waals surface area contributed by atoms with E-state index in [-0.39, 0.29) is 17.9 Å². The highest BCUT2D eigenvalue weighted by atomic mass is 19.1. The number of aromatic nitrogens is 1. The summed E-state index contributed by atoms with van der Waals surface area (Å²) in [6.07, 6.45) is 1.09. The first-order valence-corrected chi connectivity index (χ1v) is 7.56. The third-order valence-corrected chi connectivity index (χ3v) is 3.60. The summed E-state index contributed by atoms with van der Waals surface area (Å²) >= 11 is 0. The van der Waals surface area contributed by atoms with Crippen LogP contribution in [0.3, 0.4) is 0 Å². The molecule has 0 bridgehead atoms. The van der Waals surface area contributed by atoms with Gasteiger partial charge >= 0.3 is 0 Å². The average Bonchev–Trinajstić information content (AvgIpc) is 2.98. The predicted molar refractivity (Wildman–Crippen MR) is 87.7 cm³/mol. The van der Waals surface area contributed by atoms with E-state index in [4.69, 9.17) is 9.15 Å². The summed E-state index contributed by atoms with van der Waals surface area (Å²) in [4.78, 5) is 15.1. The molecule has 0 radical (unpaired) electrons. The van der Waals surface area contributed by atoms with Gasteiger partial charge < -0.3 is 9.15 Å². The maximum absolute atomic E-state index is 13.7. The van der Waals surface area contributed by atoms with E-state index in [0.717, 1.165) is 17.3 Å². The Morgan fingerprint density at radius 1 is 1.21 bits per heavy atom. The van der Waals surface area contributed by atoms with E-state index in [9.17, 15) is 9.18 Å². The van der Waals surface area contributed by atoms with Crippen molar-refractivity contribution in [3.63, 3.8) is 0 Å². The Morgan fingerprint density at radius 3 is 2.71 bits per heavy atom. The molecule has 0 aliphatic rings. The summed E-state index contributed by atoms with van der Waals surface area (Å²) in [5.74, 6) is 0.838. The fourth-order valence-corrected chi connectivity index (χ4v) is 2.33. The zero-order valence-corrected chi connectivity index (χ0v) is 13.2. The molecular weight excluding hydrogens is 309 g/mol. The minimum Gasteiger partial charge on any atom is -0.490 e. The van der Waals surface area contributed by atoms with Crippen LogP contribution >= 0.6 is 0 Å². The summed E-state index contributed by atoms with van der Waals surface area (Å²) in [6, 6.07) is 13.7. The van der Waals surface area contributed by atoms with Crippen molar-refractivity contribution in [2.75, 3.05) is 6.61 Å². The summed E-state index contributed by atoms with van der Waals surface area (Å²) in [5.41, 5.74) is 1.96. The highest BCUT2D eigenvalue weighted by molar-refractivity contribution is 5.74. The highest BCUT2D eigenvalue weighted by Gasteiger charge is 2.12. The second kappa shape index (κ2) is 7.08. The zero-order valence-electron chi connectivity index (χ0n) is 13.2. The number of rotatable bonds is 6. The average molecular weight is 325 g/mol. The first kappa shape index (κ1) is 15.9. The molecular formula is C19H16FNO3. The largest absolute Gasteiger partial charge is 0.490 e. The van der Waals surface area contributed by atoms with Crippen LogP contribution in [0.15, 0.2) is 52.9 Å². The molecule has 0 aliphatic heterocycles. The van der Waals surface area contributed by atoms with Crippen LogP contribution in [0.1, 0.15) is 21.8 Å². The van der Waals surface area contributed by atoms with Gasteiger partial charge in [-0.1, -0.05) is 18.2 Å². The fraction of sp³-hybridized carbons (Fsp3) is 0.158. The van der Waals surface area contributed by atoms with E-state index in [2.05, 4.69) is 4.98 Å². The van der Waals surface area contributed by atoms with Crippen molar-refractivity contribution in [1.29, 1.82) is 0 Å². The molecule has 0 fully saturated rings. The lowest BCUT2D eigenvalue weighted by Gasteiger charge is -2.06. The van der Waals surface area contributed by atoms with Crippen LogP contribution in [-0.2, 0) is 6.42 Å². The van der Waals surface area contributed by atoms with Crippen molar-refractivity contribution < 1.29 is 18.3 Å². The first-order chi connectivity index (χ1) is 11.7. The quantitative estimate of drug-likeness (QED) is 0.637. The molecule has 0 spiro atoms. The van der Waals surface area contributed by atoms with Crippen molar-refractivity contribution in [3.05, 3.63) is 71.4 Å². The number of hydrogen-bond donors (Lipinski definition) is 0. The highest BCUT2D eigenvalue weighted by Crippen LogP contribution is 2.22. The molecule has 0 saturated heterocycles. The van der Waals surface area contributed by atoms with Crippen LogP contribution in [0.4, 0.5) is 4.39 Å². The summed E-state index contributed by atoms with van der Waals surface area (Å²) in [7, 11) is 0. The van der Waals surface area contributed by atoms with E-state index < -0.39 is 5.82 Å². The van der Waals surface area contributed by atoms with E-state index in [1.165, 1.54) is 12.1 Å². The normalized spacial score (nSPS) is 10.6. The van der Waals surface area contributed by atoms with Crippen LogP contribution in [0.25, 0.3) is 11.5 Å². The molecule has 0 unspecified atom stereocenters. The Kier molecular flexibility index (Phi) is 4.70. The van der Waals surface area contributed by atoms with Gasteiger partial charge in [0.05, 0.1) is 12.3 Å². The number of hydrogen-bond acceptors (Lipinski definition) is 4. The van der Waals surface area contributed by atoms with E-state index in [0.29, 0.717) is 24.4 Å². The number of carbonyl (C=O) groups excluding carboxylic acids is 1.